The number of rotatable bonds is 5. The van der Waals surface area contributed by atoms with Crippen molar-refractivity contribution in [3.05, 3.63) is 46.6 Å². The molecule has 0 aliphatic carbocycles. The average molecular weight is 367 g/mol. The van der Waals surface area contributed by atoms with Gasteiger partial charge in [0.05, 0.1) is 6.20 Å². The summed E-state index contributed by atoms with van der Waals surface area (Å²) in [5.74, 6) is 0.524. The van der Waals surface area contributed by atoms with E-state index >= 15 is 0 Å². The number of fused-ring (bicyclic) bond motifs is 1. The summed E-state index contributed by atoms with van der Waals surface area (Å²) in [6.07, 6.45) is 3.11. The van der Waals surface area contributed by atoms with Gasteiger partial charge in [-0.25, -0.2) is 9.67 Å². The number of carbonyl (C=O) groups excluding carboxylic acids is 1. The van der Waals surface area contributed by atoms with Gasteiger partial charge in [-0.2, -0.15) is 5.10 Å². The van der Waals surface area contributed by atoms with Gasteiger partial charge in [0.15, 0.2) is 0 Å². The predicted octanol–water partition coefficient (Wildman–Crippen LogP) is 0.300. The maximum absolute atomic E-state index is 13.0. The number of pyridine rings is 1. The lowest BCUT2D eigenvalue weighted by atomic mass is 10.2. The SMILES string of the molecule is CCn1c(N2CCNCC2)nc2cnn(CC(=O)c3ccccn3)c(=O)c21. The molecule has 0 unspecified atom stereocenters. The maximum atomic E-state index is 13.0. The Bertz CT molecular complexity index is 1020. The Morgan fingerprint density at radius 1 is 1.26 bits per heavy atom. The predicted molar refractivity (Wildman–Crippen MR) is 101 cm³/mol. The number of hydrogen-bond donors (Lipinski definition) is 1. The van der Waals surface area contributed by atoms with E-state index in [0.29, 0.717) is 23.3 Å². The zero-order valence-electron chi connectivity index (χ0n) is 15.1. The van der Waals surface area contributed by atoms with Crippen molar-refractivity contribution in [2.45, 2.75) is 20.0 Å². The van der Waals surface area contributed by atoms with E-state index in [4.69, 9.17) is 0 Å². The van der Waals surface area contributed by atoms with Crippen LogP contribution in [-0.2, 0) is 13.1 Å². The smallest absolute Gasteiger partial charge is 0.293 e. The number of aryl methyl sites for hydroxylation is 1. The molecule has 1 aliphatic rings. The summed E-state index contributed by atoms with van der Waals surface area (Å²) in [6, 6.07) is 5.11. The lowest BCUT2D eigenvalue weighted by molar-refractivity contribution is 0.0961. The van der Waals surface area contributed by atoms with E-state index in [2.05, 4.69) is 25.3 Å². The van der Waals surface area contributed by atoms with Crippen LogP contribution in [0.25, 0.3) is 11.0 Å². The summed E-state index contributed by atoms with van der Waals surface area (Å²) in [6.45, 7) is 5.89. The van der Waals surface area contributed by atoms with E-state index in [0.717, 1.165) is 32.1 Å². The molecule has 0 aromatic carbocycles. The number of piperazine rings is 1. The third kappa shape index (κ3) is 3.21. The molecule has 27 heavy (non-hydrogen) atoms. The van der Waals surface area contributed by atoms with Gasteiger partial charge in [0.25, 0.3) is 5.56 Å². The first-order chi connectivity index (χ1) is 13.2. The second-order valence-corrected chi connectivity index (χ2v) is 6.37. The summed E-state index contributed by atoms with van der Waals surface area (Å²) < 4.78 is 3.10. The quantitative estimate of drug-likeness (QED) is 0.648. The standard InChI is InChI=1S/C18H21N7O2/c1-2-24-16-14(22-18(24)23-9-7-19-8-10-23)11-21-25(17(16)27)12-15(26)13-5-3-4-6-20-13/h3-6,11,19H,2,7-10,12H2,1H3. The summed E-state index contributed by atoms with van der Waals surface area (Å²) in [5.41, 5.74) is 1.04. The van der Waals surface area contributed by atoms with Crippen LogP contribution in [0.4, 0.5) is 5.95 Å². The number of nitrogens with zero attached hydrogens (tertiary/aromatic N) is 6. The molecule has 0 radical (unpaired) electrons. The molecule has 3 aromatic rings. The monoisotopic (exact) mass is 367 g/mol. The van der Waals surface area contributed by atoms with Gasteiger partial charge in [-0.05, 0) is 19.1 Å². The topological polar surface area (TPSA) is 97.9 Å². The summed E-state index contributed by atoms with van der Waals surface area (Å²) in [5, 5.41) is 7.47. The van der Waals surface area contributed by atoms with Gasteiger partial charge in [-0.1, -0.05) is 6.07 Å². The number of hydrogen-bond acceptors (Lipinski definition) is 7. The number of imidazole rings is 1. The van der Waals surface area contributed by atoms with Crippen molar-refractivity contribution in [1.82, 2.24) is 29.6 Å². The highest BCUT2D eigenvalue weighted by Crippen LogP contribution is 2.20. The third-order valence-corrected chi connectivity index (χ3v) is 4.69. The molecule has 4 rings (SSSR count). The van der Waals surface area contributed by atoms with Crippen LogP contribution in [0.15, 0.2) is 35.4 Å². The Morgan fingerprint density at radius 3 is 2.78 bits per heavy atom. The number of Topliss-reactive ketones (excluding diaryl/α,β-unsaturated/α-hetero) is 1. The molecular weight excluding hydrogens is 346 g/mol. The lowest BCUT2D eigenvalue weighted by Gasteiger charge is -2.28. The number of carbonyl (C=O) groups is 1. The largest absolute Gasteiger partial charge is 0.340 e. The van der Waals surface area contributed by atoms with Crippen LogP contribution in [0.3, 0.4) is 0 Å². The molecule has 1 N–H and O–H groups in total. The maximum Gasteiger partial charge on any atom is 0.293 e. The van der Waals surface area contributed by atoms with Crippen LogP contribution in [0, 0.1) is 0 Å². The normalized spacial score (nSPS) is 14.6. The molecule has 9 nitrogen and oxygen atoms in total. The van der Waals surface area contributed by atoms with Crippen LogP contribution in [0.1, 0.15) is 17.4 Å². The second kappa shape index (κ2) is 7.28. The molecule has 1 fully saturated rings. The van der Waals surface area contributed by atoms with E-state index in [9.17, 15) is 9.59 Å². The number of nitrogens with one attached hydrogen (secondary N) is 1. The van der Waals surface area contributed by atoms with Crippen LogP contribution in [0.2, 0.25) is 0 Å². The van der Waals surface area contributed by atoms with E-state index in [1.54, 1.807) is 30.6 Å². The highest BCUT2D eigenvalue weighted by Gasteiger charge is 2.21. The van der Waals surface area contributed by atoms with Crippen molar-refractivity contribution >= 4 is 22.8 Å². The van der Waals surface area contributed by atoms with Crippen LogP contribution in [-0.4, -0.2) is 56.3 Å². The van der Waals surface area contributed by atoms with E-state index in [1.807, 2.05) is 11.5 Å². The van der Waals surface area contributed by atoms with Gasteiger partial charge < -0.3 is 14.8 Å². The van der Waals surface area contributed by atoms with Gasteiger partial charge in [0.2, 0.25) is 11.7 Å². The molecule has 0 spiro atoms. The fraction of sp³-hybridized carbons (Fsp3) is 0.389. The van der Waals surface area contributed by atoms with Crippen molar-refractivity contribution in [3.63, 3.8) is 0 Å². The minimum absolute atomic E-state index is 0.149. The fourth-order valence-electron chi connectivity index (χ4n) is 3.34. The van der Waals surface area contributed by atoms with Gasteiger partial charge in [-0.3, -0.25) is 14.6 Å². The number of aromatic nitrogens is 5. The first kappa shape index (κ1) is 17.3. The van der Waals surface area contributed by atoms with Crippen LogP contribution < -0.4 is 15.8 Å². The molecule has 1 aliphatic heterocycles. The fourth-order valence-corrected chi connectivity index (χ4v) is 3.34. The lowest BCUT2D eigenvalue weighted by Crippen LogP contribution is -2.44. The van der Waals surface area contributed by atoms with E-state index in [1.165, 1.54) is 4.68 Å². The second-order valence-electron chi connectivity index (χ2n) is 6.37. The molecule has 9 heteroatoms. The third-order valence-electron chi connectivity index (χ3n) is 4.69. The van der Waals surface area contributed by atoms with Crippen LogP contribution >= 0.6 is 0 Å². The van der Waals surface area contributed by atoms with Crippen LogP contribution in [0.5, 0.6) is 0 Å². The number of ketones is 1. The number of anilines is 1. The minimum atomic E-state index is -0.312. The molecule has 3 aromatic heterocycles. The summed E-state index contributed by atoms with van der Waals surface area (Å²) in [4.78, 5) is 36.3. The highest BCUT2D eigenvalue weighted by atomic mass is 16.1. The van der Waals surface area contributed by atoms with Crippen molar-refractivity contribution in [1.29, 1.82) is 0 Å². The van der Waals surface area contributed by atoms with Gasteiger partial charge in [0, 0.05) is 38.9 Å². The van der Waals surface area contributed by atoms with E-state index in [-0.39, 0.29) is 17.9 Å². The zero-order valence-corrected chi connectivity index (χ0v) is 15.1. The van der Waals surface area contributed by atoms with Crippen molar-refractivity contribution in [2.24, 2.45) is 0 Å². The summed E-state index contributed by atoms with van der Waals surface area (Å²) >= 11 is 0. The molecular formula is C18H21N7O2. The van der Waals surface area contributed by atoms with Gasteiger partial charge in [-0.15, -0.1) is 0 Å². The molecule has 140 valence electrons. The first-order valence-electron chi connectivity index (χ1n) is 9.05. The molecule has 0 amide bonds. The molecule has 0 bridgehead atoms. The molecule has 0 atom stereocenters. The molecule has 0 saturated carbocycles. The average Bonchev–Trinajstić information content (AvgIpc) is 3.11. The van der Waals surface area contributed by atoms with Crippen molar-refractivity contribution < 1.29 is 4.79 Å². The first-order valence-corrected chi connectivity index (χ1v) is 9.05. The van der Waals surface area contributed by atoms with Crippen molar-refractivity contribution in [3.8, 4) is 0 Å². The highest BCUT2D eigenvalue weighted by molar-refractivity contribution is 5.94. The zero-order chi connectivity index (χ0) is 18.8. The Labute approximate surface area is 155 Å². The summed E-state index contributed by atoms with van der Waals surface area (Å²) in [7, 11) is 0. The Kier molecular flexibility index (Phi) is 4.68. The Hall–Kier alpha value is -3.07. The Balaban J connectivity index is 1.73. The van der Waals surface area contributed by atoms with Crippen molar-refractivity contribution in [2.75, 3.05) is 31.1 Å². The molecule has 4 heterocycles. The molecule has 1 saturated heterocycles. The van der Waals surface area contributed by atoms with E-state index < -0.39 is 0 Å². The Morgan fingerprint density at radius 2 is 2.07 bits per heavy atom. The minimum Gasteiger partial charge on any atom is -0.340 e. The van der Waals surface area contributed by atoms with Gasteiger partial charge in [0.1, 0.15) is 23.3 Å². The van der Waals surface area contributed by atoms with Gasteiger partial charge >= 0.3 is 0 Å².